The smallest absolute Gasteiger partial charge is 0.265 e. The van der Waals surface area contributed by atoms with Crippen LogP contribution in [0.15, 0.2) is 12.3 Å². The van der Waals surface area contributed by atoms with E-state index < -0.39 is 5.91 Å². The van der Waals surface area contributed by atoms with Crippen LogP contribution >= 0.6 is 0 Å². The van der Waals surface area contributed by atoms with E-state index in [4.69, 9.17) is 10.8 Å². The molecule has 0 aliphatic rings. The van der Waals surface area contributed by atoms with Crippen molar-refractivity contribution in [3.05, 3.63) is 18.0 Å². The van der Waals surface area contributed by atoms with Gasteiger partial charge in [0.1, 0.15) is 11.4 Å². The Kier molecular flexibility index (Phi) is 1.14. The summed E-state index contributed by atoms with van der Waals surface area (Å²) < 4.78 is 0. The van der Waals surface area contributed by atoms with Gasteiger partial charge in [-0.25, -0.2) is 0 Å². The van der Waals surface area contributed by atoms with Crippen molar-refractivity contribution < 1.29 is 9.90 Å². The standard InChI is InChI=1S/C5H6N2O2/c6-5(9)4-1-3(8)2-7-4/h1-2,7-8H,(H2,6,9). The number of nitrogens with one attached hydrogen (secondary N) is 1. The Bertz CT molecular complexity index is 229. The lowest BCUT2D eigenvalue weighted by molar-refractivity contribution is 0.0996. The van der Waals surface area contributed by atoms with Gasteiger partial charge in [-0.1, -0.05) is 0 Å². The number of amides is 1. The van der Waals surface area contributed by atoms with Crippen molar-refractivity contribution in [2.24, 2.45) is 5.73 Å². The van der Waals surface area contributed by atoms with Crippen molar-refractivity contribution in [2.75, 3.05) is 0 Å². The second kappa shape index (κ2) is 1.81. The van der Waals surface area contributed by atoms with Crippen molar-refractivity contribution in [3.8, 4) is 5.75 Å². The van der Waals surface area contributed by atoms with Gasteiger partial charge < -0.3 is 15.8 Å². The Morgan fingerprint density at radius 3 is 2.67 bits per heavy atom. The van der Waals surface area contributed by atoms with Crippen LogP contribution in [0.2, 0.25) is 0 Å². The molecular weight excluding hydrogens is 120 g/mol. The molecule has 1 aromatic rings. The lowest BCUT2D eigenvalue weighted by Crippen LogP contribution is -2.10. The van der Waals surface area contributed by atoms with Crippen molar-refractivity contribution in [3.63, 3.8) is 0 Å². The van der Waals surface area contributed by atoms with E-state index in [2.05, 4.69) is 4.98 Å². The minimum absolute atomic E-state index is 0.0174. The number of nitrogens with two attached hydrogens (primary N) is 1. The highest BCUT2D eigenvalue weighted by Crippen LogP contribution is 2.07. The highest BCUT2D eigenvalue weighted by Gasteiger charge is 2.00. The van der Waals surface area contributed by atoms with Gasteiger partial charge in [0.05, 0.1) is 0 Å². The lowest BCUT2D eigenvalue weighted by Gasteiger charge is -1.82. The lowest BCUT2D eigenvalue weighted by atomic mass is 10.4. The van der Waals surface area contributed by atoms with Gasteiger partial charge in [-0.2, -0.15) is 0 Å². The molecule has 1 heterocycles. The summed E-state index contributed by atoms with van der Waals surface area (Å²) in [6, 6.07) is 1.27. The van der Waals surface area contributed by atoms with Crippen molar-refractivity contribution in [1.82, 2.24) is 4.98 Å². The summed E-state index contributed by atoms with van der Waals surface area (Å²) >= 11 is 0. The SMILES string of the molecule is NC(=O)c1cc(O)c[nH]1. The minimum atomic E-state index is -0.574. The number of aromatic hydroxyl groups is 1. The molecule has 0 aromatic carbocycles. The van der Waals surface area contributed by atoms with Gasteiger partial charge in [0, 0.05) is 12.3 Å². The molecule has 4 heteroatoms. The fourth-order valence-electron chi connectivity index (χ4n) is 0.525. The number of primary amides is 1. The number of carbonyl (C=O) groups excluding carboxylic acids is 1. The van der Waals surface area contributed by atoms with E-state index in [1.807, 2.05) is 0 Å². The van der Waals surface area contributed by atoms with Crippen LogP contribution in [0.25, 0.3) is 0 Å². The number of aromatic nitrogens is 1. The van der Waals surface area contributed by atoms with Gasteiger partial charge in [-0.05, 0) is 0 Å². The fourth-order valence-corrected chi connectivity index (χ4v) is 0.525. The average molecular weight is 126 g/mol. The first-order valence-corrected chi connectivity index (χ1v) is 2.37. The normalized spacial score (nSPS) is 9.33. The van der Waals surface area contributed by atoms with Crippen LogP contribution in [0.4, 0.5) is 0 Å². The molecule has 4 N–H and O–H groups in total. The maximum Gasteiger partial charge on any atom is 0.265 e. The zero-order chi connectivity index (χ0) is 6.85. The van der Waals surface area contributed by atoms with Crippen LogP contribution in [-0.2, 0) is 0 Å². The third kappa shape index (κ3) is 1.02. The predicted molar refractivity (Wildman–Crippen MR) is 31.0 cm³/mol. The van der Waals surface area contributed by atoms with Gasteiger partial charge in [0.15, 0.2) is 0 Å². The van der Waals surface area contributed by atoms with Gasteiger partial charge in [0.25, 0.3) is 5.91 Å². The summed E-state index contributed by atoms with van der Waals surface area (Å²) in [6.07, 6.45) is 1.29. The Balaban J connectivity index is 2.98. The summed E-state index contributed by atoms with van der Waals surface area (Å²) in [4.78, 5) is 12.8. The topological polar surface area (TPSA) is 79.1 Å². The Morgan fingerprint density at radius 2 is 2.44 bits per heavy atom. The van der Waals surface area contributed by atoms with E-state index >= 15 is 0 Å². The van der Waals surface area contributed by atoms with Crippen LogP contribution in [0.3, 0.4) is 0 Å². The molecule has 0 saturated heterocycles. The van der Waals surface area contributed by atoms with E-state index in [0.29, 0.717) is 0 Å². The summed E-state index contributed by atoms with van der Waals surface area (Å²) in [7, 11) is 0. The van der Waals surface area contributed by atoms with Gasteiger partial charge >= 0.3 is 0 Å². The Morgan fingerprint density at radius 1 is 1.78 bits per heavy atom. The minimum Gasteiger partial charge on any atom is -0.506 e. The summed E-state index contributed by atoms with van der Waals surface area (Å²) in [5.74, 6) is -0.556. The van der Waals surface area contributed by atoms with E-state index in [9.17, 15) is 4.79 Å². The Hall–Kier alpha value is -1.45. The number of carbonyl (C=O) groups is 1. The van der Waals surface area contributed by atoms with Crippen LogP contribution in [0.5, 0.6) is 5.75 Å². The molecule has 0 unspecified atom stereocenters. The molecule has 0 atom stereocenters. The molecule has 1 aromatic heterocycles. The number of hydrogen-bond donors (Lipinski definition) is 3. The van der Waals surface area contributed by atoms with Crippen LogP contribution < -0.4 is 5.73 Å². The number of rotatable bonds is 1. The summed E-state index contributed by atoms with van der Waals surface area (Å²) in [5, 5.41) is 8.66. The van der Waals surface area contributed by atoms with Crippen molar-refractivity contribution in [1.29, 1.82) is 0 Å². The molecule has 0 fully saturated rings. The molecule has 9 heavy (non-hydrogen) atoms. The van der Waals surface area contributed by atoms with E-state index in [0.717, 1.165) is 0 Å². The molecule has 0 aliphatic heterocycles. The molecule has 1 rings (SSSR count). The molecule has 48 valence electrons. The zero-order valence-electron chi connectivity index (χ0n) is 4.59. The molecule has 0 aliphatic carbocycles. The average Bonchev–Trinajstić information content (AvgIpc) is 2.14. The summed E-state index contributed by atoms with van der Waals surface area (Å²) in [5.41, 5.74) is 5.06. The van der Waals surface area contributed by atoms with Gasteiger partial charge in [0.2, 0.25) is 0 Å². The first-order chi connectivity index (χ1) is 4.20. The van der Waals surface area contributed by atoms with Crippen LogP contribution in [-0.4, -0.2) is 16.0 Å². The highest BCUT2D eigenvalue weighted by atomic mass is 16.3. The fraction of sp³-hybridized carbons (Fsp3) is 0. The molecule has 0 radical (unpaired) electrons. The number of hydrogen-bond acceptors (Lipinski definition) is 2. The van der Waals surface area contributed by atoms with Crippen LogP contribution in [0.1, 0.15) is 10.5 Å². The molecule has 0 saturated carbocycles. The second-order valence-electron chi connectivity index (χ2n) is 1.64. The van der Waals surface area contributed by atoms with E-state index in [1.54, 1.807) is 0 Å². The Labute approximate surface area is 51.3 Å². The molecule has 4 nitrogen and oxygen atoms in total. The summed E-state index contributed by atoms with van der Waals surface area (Å²) in [6.45, 7) is 0. The number of H-pyrrole nitrogens is 1. The van der Waals surface area contributed by atoms with Crippen molar-refractivity contribution >= 4 is 5.91 Å². The van der Waals surface area contributed by atoms with E-state index in [1.165, 1.54) is 12.3 Å². The largest absolute Gasteiger partial charge is 0.506 e. The molecule has 0 bridgehead atoms. The quantitative estimate of drug-likeness (QED) is 0.488. The van der Waals surface area contributed by atoms with Gasteiger partial charge in [-0.15, -0.1) is 0 Å². The monoisotopic (exact) mass is 126 g/mol. The molecule has 0 spiro atoms. The maximum atomic E-state index is 10.3. The van der Waals surface area contributed by atoms with Crippen LogP contribution in [0, 0.1) is 0 Å². The zero-order valence-corrected chi connectivity index (χ0v) is 4.59. The van der Waals surface area contributed by atoms with Gasteiger partial charge in [-0.3, -0.25) is 4.79 Å². The second-order valence-corrected chi connectivity index (χ2v) is 1.64. The molecular formula is C5H6N2O2. The molecule has 1 amide bonds. The van der Waals surface area contributed by atoms with E-state index in [-0.39, 0.29) is 11.4 Å². The third-order valence-electron chi connectivity index (χ3n) is 0.933. The third-order valence-corrected chi connectivity index (χ3v) is 0.933. The first kappa shape index (κ1) is 5.68. The number of aromatic amines is 1. The highest BCUT2D eigenvalue weighted by molar-refractivity contribution is 5.91. The first-order valence-electron chi connectivity index (χ1n) is 2.37. The maximum absolute atomic E-state index is 10.3. The van der Waals surface area contributed by atoms with Crippen molar-refractivity contribution in [2.45, 2.75) is 0 Å². The predicted octanol–water partition coefficient (Wildman–Crippen LogP) is -0.181.